The molecule has 0 aliphatic heterocycles. The van der Waals surface area contributed by atoms with Crippen molar-refractivity contribution in [3.8, 4) is 0 Å². The Balaban J connectivity index is 2.88. The van der Waals surface area contributed by atoms with Gasteiger partial charge in [-0.1, -0.05) is 13.8 Å². The third-order valence-electron chi connectivity index (χ3n) is 3.24. The molecule has 0 spiro atoms. The number of aryl methyl sites for hydroxylation is 1. The van der Waals surface area contributed by atoms with E-state index in [4.69, 9.17) is 0 Å². The Morgan fingerprint density at radius 1 is 1.20 bits per heavy atom. The quantitative estimate of drug-likeness (QED) is 0.885. The lowest BCUT2D eigenvalue weighted by molar-refractivity contribution is 0.500. The van der Waals surface area contributed by atoms with Gasteiger partial charge in [-0.2, -0.15) is 4.98 Å². The molecule has 1 N–H and O–H groups in total. The number of hydrogen-bond donors (Lipinski definition) is 1. The maximum absolute atomic E-state index is 12.3. The van der Waals surface area contributed by atoms with Crippen LogP contribution in [0.2, 0.25) is 0 Å². The van der Waals surface area contributed by atoms with Gasteiger partial charge in [0.15, 0.2) is 11.2 Å². The lowest BCUT2D eigenvalue weighted by atomic mass is 10.2. The summed E-state index contributed by atoms with van der Waals surface area (Å²) in [6, 6.07) is 0. The highest BCUT2D eigenvalue weighted by atomic mass is 16.2. The van der Waals surface area contributed by atoms with Crippen molar-refractivity contribution in [1.29, 1.82) is 0 Å². The van der Waals surface area contributed by atoms with Crippen molar-refractivity contribution in [2.75, 3.05) is 11.9 Å². The zero-order valence-electron chi connectivity index (χ0n) is 12.6. The number of imidazole rings is 1. The number of rotatable bonds is 4. The highest BCUT2D eigenvalue weighted by Crippen LogP contribution is 2.14. The molecule has 0 unspecified atom stereocenters. The van der Waals surface area contributed by atoms with Crippen molar-refractivity contribution < 1.29 is 0 Å². The molecular formula is C13H21N5O2. The van der Waals surface area contributed by atoms with Crippen LogP contribution in [0.3, 0.4) is 0 Å². The number of fused-ring (bicyclic) bond motifs is 1. The van der Waals surface area contributed by atoms with Crippen molar-refractivity contribution in [2.24, 2.45) is 20.0 Å². The predicted octanol–water partition coefficient (Wildman–Crippen LogP) is 0.521. The number of anilines is 1. The van der Waals surface area contributed by atoms with Gasteiger partial charge in [0, 0.05) is 27.2 Å². The van der Waals surface area contributed by atoms with E-state index in [-0.39, 0.29) is 17.2 Å². The van der Waals surface area contributed by atoms with Crippen LogP contribution in [0.15, 0.2) is 9.59 Å². The minimum absolute atomic E-state index is 0.290. The fourth-order valence-corrected chi connectivity index (χ4v) is 2.27. The Kier molecular flexibility index (Phi) is 3.69. The molecule has 0 saturated carbocycles. The van der Waals surface area contributed by atoms with Crippen LogP contribution in [-0.2, 0) is 20.6 Å². The first-order chi connectivity index (χ1) is 9.38. The fraction of sp³-hybridized carbons (Fsp3) is 0.615. The summed E-state index contributed by atoms with van der Waals surface area (Å²) in [5.41, 5.74) is 0.260. The zero-order valence-corrected chi connectivity index (χ0v) is 12.6. The van der Waals surface area contributed by atoms with E-state index in [2.05, 4.69) is 10.3 Å². The van der Waals surface area contributed by atoms with Crippen molar-refractivity contribution in [3.63, 3.8) is 0 Å². The summed E-state index contributed by atoms with van der Waals surface area (Å²) in [4.78, 5) is 29.0. The van der Waals surface area contributed by atoms with Crippen LogP contribution in [0.5, 0.6) is 0 Å². The van der Waals surface area contributed by atoms with E-state index < -0.39 is 0 Å². The first-order valence-electron chi connectivity index (χ1n) is 6.78. The van der Waals surface area contributed by atoms with Crippen molar-refractivity contribution in [1.82, 2.24) is 18.7 Å². The van der Waals surface area contributed by atoms with Gasteiger partial charge in [-0.25, -0.2) is 4.79 Å². The molecular weight excluding hydrogens is 258 g/mol. The number of nitrogens with zero attached hydrogens (tertiary/aromatic N) is 4. The van der Waals surface area contributed by atoms with E-state index >= 15 is 0 Å². The first-order valence-corrected chi connectivity index (χ1v) is 6.78. The second-order valence-corrected chi connectivity index (χ2v) is 5.35. The Morgan fingerprint density at radius 3 is 2.40 bits per heavy atom. The third-order valence-corrected chi connectivity index (χ3v) is 3.24. The summed E-state index contributed by atoms with van der Waals surface area (Å²) in [6.07, 6.45) is 0. The highest BCUT2D eigenvalue weighted by Gasteiger charge is 2.18. The van der Waals surface area contributed by atoms with E-state index in [0.717, 1.165) is 4.57 Å². The second-order valence-electron chi connectivity index (χ2n) is 5.35. The van der Waals surface area contributed by atoms with Gasteiger partial charge in [-0.3, -0.25) is 13.9 Å². The average molecular weight is 279 g/mol. The number of hydrogen-bond acceptors (Lipinski definition) is 4. The van der Waals surface area contributed by atoms with Gasteiger partial charge in [0.25, 0.3) is 5.56 Å². The van der Waals surface area contributed by atoms with E-state index in [1.807, 2.05) is 20.8 Å². The van der Waals surface area contributed by atoms with Crippen LogP contribution in [0.1, 0.15) is 20.8 Å². The fourth-order valence-electron chi connectivity index (χ4n) is 2.27. The van der Waals surface area contributed by atoms with E-state index in [1.54, 1.807) is 16.2 Å². The smallest absolute Gasteiger partial charge is 0.332 e. The van der Waals surface area contributed by atoms with Gasteiger partial charge in [-0.05, 0) is 12.8 Å². The Labute approximate surface area is 116 Å². The minimum Gasteiger partial charge on any atom is -0.356 e. The summed E-state index contributed by atoms with van der Waals surface area (Å²) in [5.74, 6) is 0.890. The molecule has 0 saturated heterocycles. The number of nitrogens with one attached hydrogen (secondary N) is 1. The van der Waals surface area contributed by atoms with Crippen molar-refractivity contribution in [3.05, 3.63) is 20.8 Å². The lowest BCUT2D eigenvalue weighted by Crippen LogP contribution is -2.39. The van der Waals surface area contributed by atoms with Crippen LogP contribution in [0.25, 0.3) is 11.2 Å². The molecule has 0 bridgehead atoms. The molecule has 2 rings (SSSR count). The highest BCUT2D eigenvalue weighted by molar-refractivity contribution is 5.74. The maximum Gasteiger partial charge on any atom is 0.332 e. The first kappa shape index (κ1) is 14.4. The molecule has 20 heavy (non-hydrogen) atoms. The molecule has 0 atom stereocenters. The summed E-state index contributed by atoms with van der Waals surface area (Å²) in [7, 11) is 3.28. The molecule has 0 aliphatic carbocycles. The lowest BCUT2D eigenvalue weighted by Gasteiger charge is -2.10. The molecule has 2 heterocycles. The second kappa shape index (κ2) is 5.15. The summed E-state index contributed by atoms with van der Waals surface area (Å²) >= 11 is 0. The van der Waals surface area contributed by atoms with E-state index in [0.29, 0.717) is 30.2 Å². The number of aromatic nitrogens is 4. The molecule has 2 aromatic rings. The topological polar surface area (TPSA) is 73.8 Å². The molecule has 2 aromatic heterocycles. The Bertz CT molecular complexity index is 751. The van der Waals surface area contributed by atoms with Gasteiger partial charge in [0.2, 0.25) is 5.95 Å². The van der Waals surface area contributed by atoms with Crippen LogP contribution >= 0.6 is 0 Å². The molecule has 110 valence electrons. The summed E-state index contributed by atoms with van der Waals surface area (Å²) < 4.78 is 4.42. The van der Waals surface area contributed by atoms with Crippen molar-refractivity contribution in [2.45, 2.75) is 27.3 Å². The summed E-state index contributed by atoms with van der Waals surface area (Å²) in [6.45, 7) is 7.24. The van der Waals surface area contributed by atoms with Gasteiger partial charge in [0.1, 0.15) is 0 Å². The molecule has 7 nitrogen and oxygen atoms in total. The SMILES string of the molecule is CCNc1nc2c(c(=O)n(C)c(=O)n2CC(C)C)n1C. The molecule has 7 heteroatoms. The Morgan fingerprint density at radius 2 is 1.85 bits per heavy atom. The van der Waals surface area contributed by atoms with Gasteiger partial charge in [0.05, 0.1) is 0 Å². The molecule has 0 radical (unpaired) electrons. The van der Waals surface area contributed by atoms with E-state index in [9.17, 15) is 9.59 Å². The summed E-state index contributed by atoms with van der Waals surface area (Å²) in [5, 5.41) is 3.10. The van der Waals surface area contributed by atoms with Crippen LogP contribution in [-0.4, -0.2) is 25.2 Å². The largest absolute Gasteiger partial charge is 0.356 e. The normalized spacial score (nSPS) is 11.5. The monoisotopic (exact) mass is 279 g/mol. The van der Waals surface area contributed by atoms with Crippen LogP contribution < -0.4 is 16.6 Å². The molecule has 0 fully saturated rings. The zero-order chi connectivity index (χ0) is 15.0. The Hall–Kier alpha value is -2.05. The maximum atomic E-state index is 12.3. The van der Waals surface area contributed by atoms with Gasteiger partial charge < -0.3 is 9.88 Å². The van der Waals surface area contributed by atoms with Crippen LogP contribution in [0.4, 0.5) is 5.95 Å². The molecule has 0 aliphatic rings. The van der Waals surface area contributed by atoms with E-state index in [1.165, 1.54) is 7.05 Å². The molecule has 0 aromatic carbocycles. The average Bonchev–Trinajstić information content (AvgIpc) is 2.70. The standard InChI is InChI=1S/C13H21N5O2/c1-6-14-12-15-10-9(16(12)4)11(19)17(5)13(20)18(10)7-8(2)3/h8H,6-7H2,1-5H3,(H,14,15). The van der Waals surface area contributed by atoms with Crippen molar-refractivity contribution >= 4 is 17.1 Å². The third kappa shape index (κ3) is 2.13. The predicted molar refractivity (Wildman–Crippen MR) is 79.2 cm³/mol. The van der Waals surface area contributed by atoms with Gasteiger partial charge in [-0.15, -0.1) is 0 Å². The van der Waals surface area contributed by atoms with Crippen LogP contribution in [0, 0.1) is 5.92 Å². The van der Waals surface area contributed by atoms with Gasteiger partial charge >= 0.3 is 5.69 Å². The minimum atomic E-state index is -0.322. The molecule has 0 amide bonds.